The number of rotatable bonds is 4. The first kappa shape index (κ1) is 21.0. The van der Waals surface area contributed by atoms with E-state index in [9.17, 15) is 13.2 Å². The minimum atomic E-state index is -3.73. The molecule has 0 unspecified atom stereocenters. The van der Waals surface area contributed by atoms with E-state index in [0.717, 1.165) is 22.0 Å². The van der Waals surface area contributed by atoms with Crippen LogP contribution in [0.5, 0.6) is 0 Å². The molecule has 0 aromatic heterocycles. The average molecular weight is 411 g/mol. The number of hydrogen-bond donors (Lipinski definition) is 1. The Morgan fingerprint density at radius 1 is 0.931 bits per heavy atom. The van der Waals surface area contributed by atoms with Gasteiger partial charge in [0.15, 0.2) is 0 Å². The van der Waals surface area contributed by atoms with E-state index >= 15 is 0 Å². The topological polar surface area (TPSA) is 66.5 Å². The van der Waals surface area contributed by atoms with Crippen LogP contribution in [-0.2, 0) is 10.0 Å². The van der Waals surface area contributed by atoms with E-state index in [1.807, 2.05) is 42.5 Å². The number of fused-ring (bicyclic) bond motifs is 1. The van der Waals surface area contributed by atoms with Crippen molar-refractivity contribution in [2.75, 3.05) is 11.9 Å². The van der Waals surface area contributed by atoms with Crippen molar-refractivity contribution < 1.29 is 13.2 Å². The molecule has 0 heterocycles. The monoisotopic (exact) mass is 410 g/mol. The minimum Gasteiger partial charge on any atom is -0.311 e. The van der Waals surface area contributed by atoms with Crippen molar-refractivity contribution >= 4 is 32.4 Å². The highest BCUT2D eigenvalue weighted by Gasteiger charge is 2.24. The number of sulfonamides is 1. The first-order valence-corrected chi connectivity index (χ1v) is 10.9. The van der Waals surface area contributed by atoms with Crippen molar-refractivity contribution in [3.05, 3.63) is 71.8 Å². The predicted molar refractivity (Wildman–Crippen MR) is 118 cm³/mol. The van der Waals surface area contributed by atoms with Gasteiger partial charge in [-0.1, -0.05) is 36.4 Å². The summed E-state index contributed by atoms with van der Waals surface area (Å²) in [4.78, 5) is 14.8. The third kappa shape index (κ3) is 4.66. The molecule has 0 fully saturated rings. The smallest absolute Gasteiger partial charge is 0.258 e. The van der Waals surface area contributed by atoms with Gasteiger partial charge < -0.3 is 4.90 Å². The van der Waals surface area contributed by atoms with Crippen LogP contribution in [0.4, 0.5) is 5.69 Å². The molecule has 0 aliphatic heterocycles. The summed E-state index contributed by atoms with van der Waals surface area (Å²) in [7, 11) is -2.04. The molecule has 1 N–H and O–H groups in total. The van der Waals surface area contributed by atoms with Crippen LogP contribution in [0.25, 0.3) is 10.8 Å². The second-order valence-electron chi connectivity index (χ2n) is 8.23. The van der Waals surface area contributed by atoms with Crippen LogP contribution < -0.4 is 9.62 Å². The summed E-state index contributed by atoms with van der Waals surface area (Å²) in [5.41, 5.74) is 1.21. The Morgan fingerprint density at radius 3 is 2.24 bits per heavy atom. The Labute approximate surface area is 172 Å². The highest BCUT2D eigenvalue weighted by Crippen LogP contribution is 2.24. The fourth-order valence-corrected chi connectivity index (χ4v) is 4.59. The number of nitrogens with one attached hydrogen (secondary N) is 1. The summed E-state index contributed by atoms with van der Waals surface area (Å²) in [5.74, 6) is -0.259. The van der Waals surface area contributed by atoms with Crippen molar-refractivity contribution in [1.29, 1.82) is 0 Å². The summed E-state index contributed by atoms with van der Waals surface area (Å²) in [6, 6.07) is 18.4. The van der Waals surface area contributed by atoms with Gasteiger partial charge in [0.05, 0.1) is 4.90 Å². The maximum atomic E-state index is 13.2. The number of hydrogen-bond acceptors (Lipinski definition) is 3. The highest BCUT2D eigenvalue weighted by atomic mass is 32.2. The van der Waals surface area contributed by atoms with Gasteiger partial charge in [-0.15, -0.1) is 0 Å². The SMILES string of the molecule is Cc1ccc(S(=O)(=O)NC(C)(C)C)cc1C(=O)N(C)c1ccc2ccccc2c1. The number of carbonyl (C=O) groups excluding carboxylic acids is 1. The number of benzene rings is 3. The minimum absolute atomic E-state index is 0.0771. The fraction of sp³-hybridized carbons (Fsp3) is 0.261. The first-order valence-electron chi connectivity index (χ1n) is 9.39. The van der Waals surface area contributed by atoms with Crippen LogP contribution in [0.2, 0.25) is 0 Å². The lowest BCUT2D eigenvalue weighted by atomic mass is 10.1. The van der Waals surface area contributed by atoms with Gasteiger partial charge in [0, 0.05) is 23.8 Å². The molecule has 6 heteroatoms. The van der Waals surface area contributed by atoms with Crippen LogP contribution in [-0.4, -0.2) is 26.9 Å². The Kier molecular flexibility index (Phi) is 5.52. The molecule has 29 heavy (non-hydrogen) atoms. The van der Waals surface area contributed by atoms with Crippen molar-refractivity contribution in [2.45, 2.75) is 38.1 Å². The zero-order valence-electron chi connectivity index (χ0n) is 17.4. The summed E-state index contributed by atoms with van der Waals surface area (Å²) < 4.78 is 28.0. The van der Waals surface area contributed by atoms with Gasteiger partial charge in [-0.25, -0.2) is 13.1 Å². The lowest BCUT2D eigenvalue weighted by molar-refractivity contribution is 0.0992. The lowest BCUT2D eigenvalue weighted by Gasteiger charge is -2.22. The molecule has 0 saturated heterocycles. The fourth-order valence-electron chi connectivity index (χ4n) is 3.14. The van der Waals surface area contributed by atoms with E-state index in [4.69, 9.17) is 0 Å². The molecule has 3 aromatic carbocycles. The van der Waals surface area contributed by atoms with Crippen LogP contribution in [0.15, 0.2) is 65.6 Å². The molecule has 152 valence electrons. The van der Waals surface area contributed by atoms with Gasteiger partial charge in [-0.05, 0) is 68.3 Å². The first-order chi connectivity index (χ1) is 13.5. The van der Waals surface area contributed by atoms with Gasteiger partial charge in [-0.2, -0.15) is 0 Å². The summed E-state index contributed by atoms with van der Waals surface area (Å²) in [5, 5.41) is 2.13. The third-order valence-electron chi connectivity index (χ3n) is 4.62. The van der Waals surface area contributed by atoms with E-state index in [0.29, 0.717) is 5.56 Å². The highest BCUT2D eigenvalue weighted by molar-refractivity contribution is 7.89. The molecular weight excluding hydrogens is 384 g/mol. The third-order valence-corrected chi connectivity index (χ3v) is 6.37. The van der Waals surface area contributed by atoms with Crippen molar-refractivity contribution in [3.8, 4) is 0 Å². The van der Waals surface area contributed by atoms with Gasteiger partial charge in [0.25, 0.3) is 5.91 Å². The molecule has 0 radical (unpaired) electrons. The van der Waals surface area contributed by atoms with Gasteiger partial charge >= 0.3 is 0 Å². The largest absolute Gasteiger partial charge is 0.311 e. The average Bonchev–Trinajstić information content (AvgIpc) is 2.64. The van der Waals surface area contributed by atoms with Gasteiger partial charge in [0.1, 0.15) is 0 Å². The predicted octanol–water partition coefficient (Wildman–Crippen LogP) is 4.50. The van der Waals surface area contributed by atoms with Crippen molar-refractivity contribution in [1.82, 2.24) is 4.72 Å². The Morgan fingerprint density at radius 2 is 1.59 bits per heavy atom. The molecule has 3 aromatic rings. The number of carbonyl (C=O) groups is 1. The number of nitrogens with zero attached hydrogens (tertiary/aromatic N) is 1. The van der Waals surface area contributed by atoms with Crippen molar-refractivity contribution in [3.63, 3.8) is 0 Å². The lowest BCUT2D eigenvalue weighted by Crippen LogP contribution is -2.40. The molecule has 0 aliphatic carbocycles. The van der Waals surface area contributed by atoms with E-state index in [-0.39, 0.29) is 10.8 Å². The van der Waals surface area contributed by atoms with E-state index in [1.54, 1.807) is 45.7 Å². The molecule has 0 bridgehead atoms. The standard InChI is InChI=1S/C23H26N2O3S/c1-16-10-13-20(29(27,28)24-23(2,3)4)15-21(16)22(26)25(5)19-12-11-17-8-6-7-9-18(17)14-19/h6-15,24H,1-5H3. The zero-order chi connectivity index (χ0) is 21.4. The van der Waals surface area contributed by atoms with E-state index in [2.05, 4.69) is 4.72 Å². The quantitative estimate of drug-likeness (QED) is 0.689. The Hall–Kier alpha value is -2.70. The van der Waals surface area contributed by atoms with Crippen LogP contribution in [0, 0.1) is 6.92 Å². The second kappa shape index (κ2) is 7.61. The maximum Gasteiger partial charge on any atom is 0.258 e. The Balaban J connectivity index is 1.97. The summed E-state index contributed by atoms with van der Waals surface area (Å²) in [6.07, 6.45) is 0. The van der Waals surface area contributed by atoms with Crippen LogP contribution >= 0.6 is 0 Å². The molecule has 5 nitrogen and oxygen atoms in total. The van der Waals surface area contributed by atoms with Crippen LogP contribution in [0.3, 0.4) is 0 Å². The Bertz CT molecular complexity index is 1180. The van der Waals surface area contributed by atoms with E-state index in [1.165, 1.54) is 12.1 Å². The van der Waals surface area contributed by atoms with Gasteiger partial charge in [0.2, 0.25) is 10.0 Å². The molecular formula is C23H26N2O3S. The molecule has 0 aliphatic rings. The molecule has 0 atom stereocenters. The molecule has 0 spiro atoms. The molecule has 3 rings (SSSR count). The summed E-state index contributed by atoms with van der Waals surface area (Å²) in [6.45, 7) is 7.13. The number of aryl methyl sites for hydroxylation is 1. The van der Waals surface area contributed by atoms with E-state index < -0.39 is 15.6 Å². The normalized spacial score (nSPS) is 12.2. The number of amides is 1. The molecule has 0 saturated carbocycles. The number of anilines is 1. The van der Waals surface area contributed by atoms with Crippen molar-refractivity contribution in [2.24, 2.45) is 0 Å². The molecule has 1 amide bonds. The zero-order valence-corrected chi connectivity index (χ0v) is 18.2. The summed E-state index contributed by atoms with van der Waals surface area (Å²) >= 11 is 0. The maximum absolute atomic E-state index is 13.2. The second-order valence-corrected chi connectivity index (χ2v) is 9.91. The van der Waals surface area contributed by atoms with Crippen LogP contribution in [0.1, 0.15) is 36.7 Å². The van der Waals surface area contributed by atoms with Gasteiger partial charge in [-0.3, -0.25) is 4.79 Å².